The molecule has 0 bridgehead atoms. The molecular formula is C23H21FN4O3S. The average molecular weight is 453 g/mol. The van der Waals surface area contributed by atoms with Gasteiger partial charge in [0.15, 0.2) is 5.13 Å². The first-order chi connectivity index (χ1) is 15.7. The molecule has 1 amide bonds. The Balaban J connectivity index is 1.30. The van der Waals surface area contributed by atoms with Crippen LogP contribution in [0, 0.1) is 5.82 Å². The number of aryl methyl sites for hydroxylation is 1. The molecule has 0 spiro atoms. The van der Waals surface area contributed by atoms with E-state index in [1.54, 1.807) is 17.0 Å². The molecule has 2 aromatic carbocycles. The molecule has 0 aliphatic carbocycles. The molecule has 1 saturated heterocycles. The van der Waals surface area contributed by atoms with Gasteiger partial charge in [-0.2, -0.15) is 4.98 Å². The van der Waals surface area contributed by atoms with Crippen molar-refractivity contribution in [1.82, 2.24) is 15.1 Å². The molecule has 0 N–H and O–H groups in total. The maximum atomic E-state index is 13.2. The molecule has 9 heteroatoms. The summed E-state index contributed by atoms with van der Waals surface area (Å²) in [5.74, 6) is 0.333. The van der Waals surface area contributed by atoms with E-state index in [2.05, 4.69) is 15.1 Å². The summed E-state index contributed by atoms with van der Waals surface area (Å²) in [4.78, 5) is 23.9. The Kier molecular flexibility index (Phi) is 5.91. The maximum absolute atomic E-state index is 13.2. The summed E-state index contributed by atoms with van der Waals surface area (Å²) in [6, 6.07) is 13.7. The van der Waals surface area contributed by atoms with Gasteiger partial charge in [-0.3, -0.25) is 9.69 Å². The lowest BCUT2D eigenvalue weighted by atomic mass is 10.2. The molecule has 1 atom stereocenters. The lowest BCUT2D eigenvalue weighted by molar-refractivity contribution is -0.119. The number of amides is 1. The molecule has 1 fully saturated rings. The van der Waals surface area contributed by atoms with E-state index in [0.717, 1.165) is 29.7 Å². The number of carbonyl (C=O) groups excluding carboxylic acids is 1. The van der Waals surface area contributed by atoms with E-state index in [0.29, 0.717) is 35.4 Å². The zero-order valence-electron chi connectivity index (χ0n) is 17.2. The summed E-state index contributed by atoms with van der Waals surface area (Å²) in [6.45, 7) is 1.20. The van der Waals surface area contributed by atoms with E-state index in [9.17, 15) is 9.18 Å². The summed E-state index contributed by atoms with van der Waals surface area (Å²) in [6.07, 6.45) is 2.45. The quantitative estimate of drug-likeness (QED) is 0.407. The monoisotopic (exact) mass is 452 g/mol. The summed E-state index contributed by atoms with van der Waals surface area (Å²) >= 11 is 1.50. The fourth-order valence-corrected chi connectivity index (χ4v) is 4.67. The first kappa shape index (κ1) is 20.7. The molecule has 7 nitrogen and oxygen atoms in total. The van der Waals surface area contributed by atoms with Crippen LogP contribution in [0.2, 0.25) is 0 Å². The van der Waals surface area contributed by atoms with Gasteiger partial charge in [-0.1, -0.05) is 28.6 Å². The third-order valence-corrected chi connectivity index (χ3v) is 6.41. The van der Waals surface area contributed by atoms with Crippen LogP contribution in [-0.2, 0) is 16.0 Å². The number of ether oxygens (including phenoxy) is 1. The topological polar surface area (TPSA) is 81.4 Å². The Labute approximate surface area is 187 Å². The van der Waals surface area contributed by atoms with Crippen LogP contribution in [0.15, 0.2) is 53.1 Å². The van der Waals surface area contributed by atoms with Crippen LogP contribution in [0.4, 0.5) is 9.52 Å². The van der Waals surface area contributed by atoms with E-state index in [1.807, 2.05) is 24.3 Å². The lowest BCUT2D eigenvalue weighted by Crippen LogP contribution is -2.37. The number of anilines is 1. The van der Waals surface area contributed by atoms with Gasteiger partial charge in [0, 0.05) is 25.0 Å². The van der Waals surface area contributed by atoms with Gasteiger partial charge in [-0.25, -0.2) is 9.37 Å². The number of carbonyl (C=O) groups is 1. The first-order valence-electron chi connectivity index (χ1n) is 10.5. The number of hydrogen-bond donors (Lipinski definition) is 0. The predicted molar refractivity (Wildman–Crippen MR) is 119 cm³/mol. The number of halogens is 1. The largest absolute Gasteiger partial charge is 0.376 e. The van der Waals surface area contributed by atoms with Crippen LogP contribution in [-0.4, -0.2) is 40.3 Å². The minimum absolute atomic E-state index is 0.0134. The van der Waals surface area contributed by atoms with Gasteiger partial charge in [0.05, 0.1) is 22.9 Å². The number of fused-ring (bicyclic) bond motifs is 1. The molecule has 0 saturated carbocycles. The Bertz CT molecular complexity index is 1180. The fraction of sp³-hybridized carbons (Fsp3) is 0.304. The average Bonchev–Trinajstić information content (AvgIpc) is 3.57. The van der Waals surface area contributed by atoms with Gasteiger partial charge in [-0.15, -0.1) is 0 Å². The van der Waals surface area contributed by atoms with Gasteiger partial charge in [0.25, 0.3) is 0 Å². The molecule has 3 heterocycles. The third-order valence-electron chi connectivity index (χ3n) is 5.35. The Morgan fingerprint density at radius 1 is 1.16 bits per heavy atom. The Morgan fingerprint density at radius 3 is 2.78 bits per heavy atom. The molecule has 1 aliphatic heterocycles. The van der Waals surface area contributed by atoms with E-state index in [4.69, 9.17) is 9.26 Å². The van der Waals surface area contributed by atoms with Crippen LogP contribution in [0.25, 0.3) is 21.6 Å². The number of benzene rings is 2. The first-order valence-corrected chi connectivity index (χ1v) is 11.3. The van der Waals surface area contributed by atoms with Crippen molar-refractivity contribution >= 4 is 32.6 Å². The standard InChI is InChI=1S/C23H21FN4O3S/c24-16-9-7-15(8-10-16)22-26-20(31-27-22)11-12-21(29)28(14-17-4-3-13-30-17)23-25-18-5-1-2-6-19(18)32-23/h1-2,5-10,17H,3-4,11-14H2. The second-order valence-corrected chi connectivity index (χ2v) is 8.63. The summed E-state index contributed by atoms with van der Waals surface area (Å²) < 4.78 is 25.2. The molecule has 5 rings (SSSR count). The molecule has 32 heavy (non-hydrogen) atoms. The SMILES string of the molecule is O=C(CCc1nc(-c2ccc(F)cc2)no1)N(CC1CCCO1)c1nc2ccccc2s1. The van der Waals surface area contributed by atoms with E-state index in [1.165, 1.54) is 23.5 Å². The van der Waals surface area contributed by atoms with Gasteiger partial charge in [0.1, 0.15) is 5.82 Å². The van der Waals surface area contributed by atoms with Crippen LogP contribution >= 0.6 is 11.3 Å². The maximum Gasteiger partial charge on any atom is 0.229 e. The zero-order chi connectivity index (χ0) is 21.9. The number of para-hydroxylation sites is 1. The highest BCUT2D eigenvalue weighted by molar-refractivity contribution is 7.22. The summed E-state index contributed by atoms with van der Waals surface area (Å²) in [5, 5.41) is 4.62. The molecule has 1 aliphatic rings. The van der Waals surface area contributed by atoms with Crippen molar-refractivity contribution in [2.75, 3.05) is 18.1 Å². The van der Waals surface area contributed by atoms with Crippen molar-refractivity contribution in [2.24, 2.45) is 0 Å². The second kappa shape index (κ2) is 9.13. The number of rotatable bonds is 7. The third kappa shape index (κ3) is 4.53. The Hall–Kier alpha value is -3.17. The smallest absolute Gasteiger partial charge is 0.229 e. The van der Waals surface area contributed by atoms with Crippen LogP contribution in [0.1, 0.15) is 25.2 Å². The number of hydrogen-bond acceptors (Lipinski definition) is 7. The normalized spacial score (nSPS) is 16.0. The predicted octanol–water partition coefficient (Wildman–Crippen LogP) is 4.63. The highest BCUT2D eigenvalue weighted by Crippen LogP contribution is 2.30. The van der Waals surface area contributed by atoms with Gasteiger partial charge < -0.3 is 9.26 Å². The van der Waals surface area contributed by atoms with E-state index in [-0.39, 0.29) is 24.2 Å². The molecule has 164 valence electrons. The van der Waals surface area contributed by atoms with Crippen molar-refractivity contribution in [2.45, 2.75) is 31.8 Å². The molecule has 2 aromatic heterocycles. The highest BCUT2D eigenvalue weighted by atomic mass is 32.1. The molecule has 0 radical (unpaired) electrons. The number of thiazole rings is 1. The van der Waals surface area contributed by atoms with E-state index >= 15 is 0 Å². The molecular weight excluding hydrogens is 431 g/mol. The summed E-state index contributed by atoms with van der Waals surface area (Å²) in [7, 11) is 0. The molecule has 4 aromatic rings. The molecule has 1 unspecified atom stereocenters. The van der Waals surface area contributed by atoms with Crippen molar-refractivity contribution in [3.63, 3.8) is 0 Å². The van der Waals surface area contributed by atoms with Crippen molar-refractivity contribution < 1.29 is 18.4 Å². The van der Waals surface area contributed by atoms with Gasteiger partial charge >= 0.3 is 0 Å². The minimum atomic E-state index is -0.329. The fourth-order valence-electron chi connectivity index (χ4n) is 3.68. The van der Waals surface area contributed by atoms with Crippen molar-refractivity contribution in [1.29, 1.82) is 0 Å². The van der Waals surface area contributed by atoms with Gasteiger partial charge in [-0.05, 0) is 49.2 Å². The number of nitrogens with zero attached hydrogens (tertiary/aromatic N) is 4. The van der Waals surface area contributed by atoms with Crippen molar-refractivity contribution in [3.8, 4) is 11.4 Å². The minimum Gasteiger partial charge on any atom is -0.376 e. The van der Waals surface area contributed by atoms with Gasteiger partial charge in [0.2, 0.25) is 17.6 Å². The van der Waals surface area contributed by atoms with Crippen molar-refractivity contribution in [3.05, 3.63) is 60.2 Å². The van der Waals surface area contributed by atoms with E-state index < -0.39 is 0 Å². The summed E-state index contributed by atoms with van der Waals surface area (Å²) in [5.41, 5.74) is 1.53. The zero-order valence-corrected chi connectivity index (χ0v) is 18.1. The second-order valence-electron chi connectivity index (χ2n) is 7.62. The lowest BCUT2D eigenvalue weighted by Gasteiger charge is -2.22. The van der Waals surface area contributed by atoms with Crippen LogP contribution in [0.3, 0.4) is 0 Å². The van der Waals surface area contributed by atoms with Crippen LogP contribution < -0.4 is 4.90 Å². The highest BCUT2D eigenvalue weighted by Gasteiger charge is 2.26. The van der Waals surface area contributed by atoms with Crippen LogP contribution in [0.5, 0.6) is 0 Å². The Morgan fingerprint density at radius 2 is 2.00 bits per heavy atom. The number of aromatic nitrogens is 3.